The van der Waals surface area contributed by atoms with E-state index in [9.17, 15) is 4.79 Å². The predicted octanol–water partition coefficient (Wildman–Crippen LogP) is 0.519. The van der Waals surface area contributed by atoms with E-state index in [0.29, 0.717) is 12.0 Å². The summed E-state index contributed by atoms with van der Waals surface area (Å²) in [6, 6.07) is 0.451. The lowest BCUT2D eigenvalue weighted by molar-refractivity contribution is 0.735. The molecule has 0 aliphatic heterocycles. The van der Waals surface area contributed by atoms with Crippen LogP contribution in [-0.2, 0) is 0 Å². The first-order valence-electron chi connectivity index (χ1n) is 4.53. The molecule has 1 aliphatic rings. The molecule has 5 heteroatoms. The second-order valence-electron chi connectivity index (χ2n) is 3.31. The van der Waals surface area contributed by atoms with E-state index in [-0.39, 0.29) is 5.56 Å². The van der Waals surface area contributed by atoms with Crippen LogP contribution in [0.4, 0.5) is 5.95 Å². The molecule has 0 amide bonds. The van der Waals surface area contributed by atoms with Crippen LogP contribution in [0.2, 0.25) is 0 Å². The summed E-state index contributed by atoms with van der Waals surface area (Å²) >= 11 is 0. The van der Waals surface area contributed by atoms with Crippen LogP contribution in [0, 0.1) is 0 Å². The molecule has 0 atom stereocenters. The minimum absolute atomic E-state index is 0.213. The first-order chi connectivity index (χ1) is 6.34. The van der Waals surface area contributed by atoms with Crippen LogP contribution < -0.4 is 10.9 Å². The summed E-state index contributed by atoms with van der Waals surface area (Å²) in [5.74, 6) is 0.486. The van der Waals surface area contributed by atoms with Crippen molar-refractivity contribution in [2.24, 2.45) is 0 Å². The standard InChI is InChI=1S/C8H12N4O/c13-7-5-9-12-8(11-7)10-6-3-1-2-4-6/h5-6H,1-4H2,(H2,10,11,12,13). The summed E-state index contributed by atoms with van der Waals surface area (Å²) in [7, 11) is 0. The van der Waals surface area contributed by atoms with Gasteiger partial charge in [0.1, 0.15) is 6.20 Å². The van der Waals surface area contributed by atoms with E-state index in [0.717, 1.165) is 12.8 Å². The number of nitrogens with one attached hydrogen (secondary N) is 2. The van der Waals surface area contributed by atoms with Gasteiger partial charge in [-0.05, 0) is 12.8 Å². The van der Waals surface area contributed by atoms with Crippen molar-refractivity contribution < 1.29 is 0 Å². The third-order valence-electron chi connectivity index (χ3n) is 2.27. The van der Waals surface area contributed by atoms with Crippen LogP contribution in [0.3, 0.4) is 0 Å². The van der Waals surface area contributed by atoms with Gasteiger partial charge in [0.2, 0.25) is 5.95 Å². The first-order valence-corrected chi connectivity index (χ1v) is 4.53. The first kappa shape index (κ1) is 8.22. The fraction of sp³-hybridized carbons (Fsp3) is 0.625. The molecule has 5 nitrogen and oxygen atoms in total. The molecule has 0 bridgehead atoms. The molecule has 1 saturated carbocycles. The predicted molar refractivity (Wildman–Crippen MR) is 48.5 cm³/mol. The van der Waals surface area contributed by atoms with Crippen LogP contribution in [-0.4, -0.2) is 21.2 Å². The van der Waals surface area contributed by atoms with E-state index in [1.165, 1.54) is 19.0 Å². The lowest BCUT2D eigenvalue weighted by Gasteiger charge is -2.10. The van der Waals surface area contributed by atoms with E-state index in [2.05, 4.69) is 20.5 Å². The zero-order valence-electron chi connectivity index (χ0n) is 7.29. The van der Waals surface area contributed by atoms with Crippen molar-refractivity contribution in [3.05, 3.63) is 16.6 Å². The van der Waals surface area contributed by atoms with Gasteiger partial charge in [-0.2, -0.15) is 0 Å². The van der Waals surface area contributed by atoms with Gasteiger partial charge in [-0.3, -0.25) is 9.78 Å². The Balaban J connectivity index is 2.04. The zero-order chi connectivity index (χ0) is 9.10. The smallest absolute Gasteiger partial charge is 0.271 e. The molecular formula is C8H12N4O. The van der Waals surface area contributed by atoms with Crippen LogP contribution in [0.15, 0.2) is 11.0 Å². The molecule has 70 valence electrons. The van der Waals surface area contributed by atoms with Gasteiger partial charge in [0, 0.05) is 6.04 Å². The zero-order valence-corrected chi connectivity index (χ0v) is 7.29. The summed E-state index contributed by atoms with van der Waals surface area (Å²) in [5.41, 5.74) is -0.213. The fourth-order valence-electron chi connectivity index (χ4n) is 1.64. The van der Waals surface area contributed by atoms with Crippen molar-refractivity contribution in [3.8, 4) is 0 Å². The molecule has 1 aliphatic carbocycles. The molecule has 0 spiro atoms. The Labute approximate surface area is 75.6 Å². The van der Waals surface area contributed by atoms with Crippen molar-refractivity contribution in [1.82, 2.24) is 15.2 Å². The minimum Gasteiger partial charge on any atom is -0.352 e. The lowest BCUT2D eigenvalue weighted by atomic mass is 10.3. The maximum atomic E-state index is 10.9. The number of rotatable bonds is 2. The maximum absolute atomic E-state index is 10.9. The number of aromatic nitrogens is 3. The number of aromatic amines is 1. The highest BCUT2D eigenvalue weighted by Crippen LogP contribution is 2.19. The SMILES string of the molecule is O=c1cnnc(NC2CCCC2)[nH]1. The van der Waals surface area contributed by atoms with Crippen LogP contribution in [0.1, 0.15) is 25.7 Å². The Bertz CT molecular complexity index is 329. The molecule has 0 aromatic carbocycles. The molecule has 1 fully saturated rings. The second-order valence-corrected chi connectivity index (χ2v) is 3.31. The molecule has 1 aromatic rings. The van der Waals surface area contributed by atoms with E-state index < -0.39 is 0 Å². The molecule has 13 heavy (non-hydrogen) atoms. The van der Waals surface area contributed by atoms with Gasteiger partial charge in [-0.25, -0.2) is 0 Å². The molecule has 2 rings (SSSR count). The summed E-state index contributed by atoms with van der Waals surface area (Å²) in [6.45, 7) is 0. The Hall–Kier alpha value is -1.39. The van der Waals surface area contributed by atoms with E-state index in [1.807, 2.05) is 0 Å². The van der Waals surface area contributed by atoms with Crippen molar-refractivity contribution >= 4 is 5.95 Å². The van der Waals surface area contributed by atoms with Crippen LogP contribution in [0.25, 0.3) is 0 Å². The number of hydrogen-bond donors (Lipinski definition) is 2. The van der Waals surface area contributed by atoms with Gasteiger partial charge in [0.15, 0.2) is 0 Å². The molecule has 0 unspecified atom stereocenters. The molecule has 1 aromatic heterocycles. The van der Waals surface area contributed by atoms with Gasteiger partial charge in [0.05, 0.1) is 0 Å². The third-order valence-corrected chi connectivity index (χ3v) is 2.27. The summed E-state index contributed by atoms with van der Waals surface area (Å²) in [6.07, 6.45) is 5.97. The summed E-state index contributed by atoms with van der Waals surface area (Å²) in [4.78, 5) is 13.5. The average molecular weight is 180 g/mol. The number of nitrogens with zero attached hydrogens (tertiary/aromatic N) is 2. The Morgan fingerprint density at radius 1 is 1.46 bits per heavy atom. The van der Waals surface area contributed by atoms with Gasteiger partial charge in [-0.15, -0.1) is 10.2 Å². The highest BCUT2D eigenvalue weighted by Gasteiger charge is 2.14. The van der Waals surface area contributed by atoms with Gasteiger partial charge in [0.25, 0.3) is 5.56 Å². The molecule has 2 N–H and O–H groups in total. The van der Waals surface area contributed by atoms with Crippen molar-refractivity contribution in [1.29, 1.82) is 0 Å². The number of anilines is 1. The molecular weight excluding hydrogens is 168 g/mol. The van der Waals surface area contributed by atoms with Crippen LogP contribution in [0.5, 0.6) is 0 Å². The van der Waals surface area contributed by atoms with E-state index >= 15 is 0 Å². The molecule has 0 radical (unpaired) electrons. The largest absolute Gasteiger partial charge is 0.352 e. The van der Waals surface area contributed by atoms with Crippen molar-refractivity contribution in [2.75, 3.05) is 5.32 Å². The topological polar surface area (TPSA) is 70.7 Å². The minimum atomic E-state index is -0.213. The van der Waals surface area contributed by atoms with Gasteiger partial charge in [-0.1, -0.05) is 12.8 Å². The Morgan fingerprint density at radius 3 is 2.92 bits per heavy atom. The lowest BCUT2D eigenvalue weighted by Crippen LogP contribution is -2.20. The molecule has 0 saturated heterocycles. The second kappa shape index (κ2) is 3.55. The summed E-state index contributed by atoms with van der Waals surface area (Å²) in [5, 5.41) is 10.5. The normalized spacial score (nSPS) is 17.5. The quantitative estimate of drug-likeness (QED) is 0.696. The van der Waals surface area contributed by atoms with E-state index in [4.69, 9.17) is 0 Å². The molecule has 1 heterocycles. The average Bonchev–Trinajstić information content (AvgIpc) is 2.57. The Kier molecular flexibility index (Phi) is 2.25. The van der Waals surface area contributed by atoms with Gasteiger partial charge >= 0.3 is 0 Å². The third kappa shape index (κ3) is 2.05. The van der Waals surface area contributed by atoms with Crippen LogP contribution >= 0.6 is 0 Å². The van der Waals surface area contributed by atoms with Crippen molar-refractivity contribution in [2.45, 2.75) is 31.7 Å². The van der Waals surface area contributed by atoms with E-state index in [1.54, 1.807) is 0 Å². The highest BCUT2D eigenvalue weighted by molar-refractivity contribution is 5.22. The number of hydrogen-bond acceptors (Lipinski definition) is 4. The van der Waals surface area contributed by atoms with Crippen molar-refractivity contribution in [3.63, 3.8) is 0 Å². The fourth-order valence-corrected chi connectivity index (χ4v) is 1.64. The monoisotopic (exact) mass is 180 g/mol. The highest BCUT2D eigenvalue weighted by atomic mass is 16.1. The van der Waals surface area contributed by atoms with Gasteiger partial charge < -0.3 is 5.32 Å². The summed E-state index contributed by atoms with van der Waals surface area (Å²) < 4.78 is 0. The number of H-pyrrole nitrogens is 1. The maximum Gasteiger partial charge on any atom is 0.271 e. The Morgan fingerprint density at radius 2 is 2.23 bits per heavy atom.